The van der Waals surface area contributed by atoms with E-state index in [1.165, 1.54) is 0 Å². The van der Waals surface area contributed by atoms with E-state index in [0.717, 1.165) is 21.3 Å². The summed E-state index contributed by atoms with van der Waals surface area (Å²) >= 11 is 3.39. The van der Waals surface area contributed by atoms with Crippen LogP contribution in [0.2, 0.25) is 0 Å². The number of amides is 1. The smallest absolute Gasteiger partial charge is 0.220 e. The molecule has 0 bridgehead atoms. The van der Waals surface area contributed by atoms with Gasteiger partial charge in [-0.2, -0.15) is 0 Å². The van der Waals surface area contributed by atoms with Gasteiger partial charge >= 0.3 is 0 Å². The molecule has 2 nitrogen and oxygen atoms in total. The first-order valence-electron chi connectivity index (χ1n) is 5.37. The fraction of sp³-hybridized carbons (Fsp3) is 0.583. The number of nitrogens with zero attached hydrogens (tertiary/aromatic N) is 1. The fourth-order valence-electron chi connectivity index (χ4n) is 1.20. The number of carbonyl (C=O) groups excluding carboxylic acids is 1. The molecule has 0 saturated carbocycles. The van der Waals surface area contributed by atoms with Crippen LogP contribution in [0.4, 0.5) is 0 Å². The Hall–Kier alpha value is -0.350. The van der Waals surface area contributed by atoms with Crippen LogP contribution in [0.15, 0.2) is 23.0 Å². The second-order valence-corrected chi connectivity index (χ2v) is 6.21. The standard InChI is InChI=1S/C12H21NOS2/c1-6-15-10(3)8-13(12(5)14)9-11(4)16-7-2/h3-4,6-9H2,1-2,5H3. The number of thioether (sulfide) groups is 2. The summed E-state index contributed by atoms with van der Waals surface area (Å²) in [5, 5.41) is 0. The van der Waals surface area contributed by atoms with Gasteiger partial charge in [0.1, 0.15) is 0 Å². The minimum absolute atomic E-state index is 0.0794. The van der Waals surface area contributed by atoms with Gasteiger partial charge in [0.15, 0.2) is 0 Å². The molecule has 0 aliphatic rings. The molecule has 0 aliphatic carbocycles. The molecule has 0 atom stereocenters. The average molecular weight is 259 g/mol. The number of hydrogen-bond donors (Lipinski definition) is 0. The van der Waals surface area contributed by atoms with Crippen molar-refractivity contribution >= 4 is 29.4 Å². The van der Waals surface area contributed by atoms with Crippen LogP contribution in [0.1, 0.15) is 20.8 Å². The molecule has 0 rings (SSSR count). The lowest BCUT2D eigenvalue weighted by atomic mass is 10.4. The van der Waals surface area contributed by atoms with Gasteiger partial charge in [-0.3, -0.25) is 4.79 Å². The van der Waals surface area contributed by atoms with E-state index < -0.39 is 0 Å². The van der Waals surface area contributed by atoms with Crippen molar-refractivity contribution in [3.05, 3.63) is 23.0 Å². The number of carbonyl (C=O) groups is 1. The van der Waals surface area contributed by atoms with Crippen molar-refractivity contribution in [2.75, 3.05) is 24.6 Å². The highest BCUT2D eigenvalue weighted by Crippen LogP contribution is 2.18. The van der Waals surface area contributed by atoms with Crippen molar-refractivity contribution in [2.45, 2.75) is 20.8 Å². The van der Waals surface area contributed by atoms with Gasteiger partial charge in [-0.25, -0.2) is 0 Å². The highest BCUT2D eigenvalue weighted by atomic mass is 32.2. The van der Waals surface area contributed by atoms with Crippen molar-refractivity contribution in [1.29, 1.82) is 0 Å². The first kappa shape index (κ1) is 15.7. The van der Waals surface area contributed by atoms with E-state index in [-0.39, 0.29) is 5.91 Å². The average Bonchev–Trinajstić information content (AvgIpc) is 2.17. The molecule has 0 aromatic heterocycles. The largest absolute Gasteiger partial charge is 0.333 e. The summed E-state index contributed by atoms with van der Waals surface area (Å²) in [7, 11) is 0. The molecule has 0 aliphatic heterocycles. The van der Waals surface area contributed by atoms with E-state index in [1.54, 1.807) is 35.3 Å². The highest BCUT2D eigenvalue weighted by Gasteiger charge is 2.11. The molecule has 0 radical (unpaired) electrons. The molecule has 0 heterocycles. The van der Waals surface area contributed by atoms with E-state index in [0.29, 0.717) is 13.1 Å². The van der Waals surface area contributed by atoms with E-state index in [1.807, 2.05) is 0 Å². The van der Waals surface area contributed by atoms with Gasteiger partial charge in [0.05, 0.1) is 13.1 Å². The number of hydrogen-bond acceptors (Lipinski definition) is 3. The molecule has 92 valence electrons. The van der Waals surface area contributed by atoms with Crippen molar-refractivity contribution in [3.63, 3.8) is 0 Å². The first-order chi connectivity index (χ1) is 7.51. The molecule has 0 spiro atoms. The third-order valence-corrected chi connectivity index (χ3v) is 3.53. The Morgan fingerprint density at radius 2 is 1.44 bits per heavy atom. The fourth-order valence-corrected chi connectivity index (χ4v) is 2.51. The quantitative estimate of drug-likeness (QED) is 0.666. The van der Waals surface area contributed by atoms with Crippen LogP contribution >= 0.6 is 23.5 Å². The summed E-state index contributed by atoms with van der Waals surface area (Å²) in [6.45, 7) is 14.9. The van der Waals surface area contributed by atoms with Crippen LogP contribution in [0.25, 0.3) is 0 Å². The van der Waals surface area contributed by atoms with Gasteiger partial charge in [-0.1, -0.05) is 27.0 Å². The van der Waals surface area contributed by atoms with Crippen molar-refractivity contribution in [3.8, 4) is 0 Å². The molecule has 0 saturated heterocycles. The predicted molar refractivity (Wildman–Crippen MR) is 76.8 cm³/mol. The molecule has 0 aromatic rings. The molecule has 0 fully saturated rings. The van der Waals surface area contributed by atoms with Crippen LogP contribution in [-0.4, -0.2) is 35.4 Å². The molecule has 16 heavy (non-hydrogen) atoms. The maximum atomic E-state index is 11.4. The molecular formula is C12H21NOS2. The van der Waals surface area contributed by atoms with E-state index in [2.05, 4.69) is 27.0 Å². The topological polar surface area (TPSA) is 20.3 Å². The normalized spacial score (nSPS) is 9.94. The Kier molecular flexibility index (Phi) is 8.57. The zero-order valence-electron chi connectivity index (χ0n) is 10.4. The van der Waals surface area contributed by atoms with E-state index in [4.69, 9.17) is 0 Å². The minimum Gasteiger partial charge on any atom is -0.333 e. The second-order valence-electron chi connectivity index (χ2n) is 3.32. The zero-order chi connectivity index (χ0) is 12.6. The minimum atomic E-state index is 0.0794. The monoisotopic (exact) mass is 259 g/mol. The maximum absolute atomic E-state index is 11.4. The summed E-state index contributed by atoms with van der Waals surface area (Å²) in [6.07, 6.45) is 0. The van der Waals surface area contributed by atoms with Gasteiger partial charge in [0.2, 0.25) is 5.91 Å². The summed E-state index contributed by atoms with van der Waals surface area (Å²) in [5.41, 5.74) is 0. The van der Waals surface area contributed by atoms with Crippen molar-refractivity contribution in [2.24, 2.45) is 0 Å². The second kappa shape index (κ2) is 8.76. The maximum Gasteiger partial charge on any atom is 0.220 e. The summed E-state index contributed by atoms with van der Waals surface area (Å²) < 4.78 is 0. The molecule has 0 unspecified atom stereocenters. The van der Waals surface area contributed by atoms with Crippen molar-refractivity contribution < 1.29 is 4.79 Å². The van der Waals surface area contributed by atoms with Gasteiger partial charge in [0.25, 0.3) is 0 Å². The molecular weight excluding hydrogens is 238 g/mol. The summed E-state index contributed by atoms with van der Waals surface area (Å²) in [4.78, 5) is 15.3. The van der Waals surface area contributed by atoms with Crippen LogP contribution in [-0.2, 0) is 4.79 Å². The van der Waals surface area contributed by atoms with E-state index >= 15 is 0 Å². The Labute approximate surface area is 108 Å². The third kappa shape index (κ3) is 7.01. The molecule has 0 aromatic carbocycles. The van der Waals surface area contributed by atoms with Crippen LogP contribution in [0.3, 0.4) is 0 Å². The Bertz CT molecular complexity index is 244. The molecule has 0 N–H and O–H groups in total. The first-order valence-corrected chi connectivity index (χ1v) is 7.35. The number of rotatable bonds is 8. The Balaban J connectivity index is 4.22. The highest BCUT2D eigenvalue weighted by molar-refractivity contribution is 8.03. The lowest BCUT2D eigenvalue weighted by Crippen LogP contribution is -2.31. The zero-order valence-corrected chi connectivity index (χ0v) is 12.0. The molecule has 4 heteroatoms. The molecule has 1 amide bonds. The summed E-state index contributed by atoms with van der Waals surface area (Å²) in [5.74, 6) is 2.07. The van der Waals surface area contributed by atoms with Crippen molar-refractivity contribution in [1.82, 2.24) is 4.90 Å². The van der Waals surface area contributed by atoms with Crippen LogP contribution in [0.5, 0.6) is 0 Å². The Morgan fingerprint density at radius 3 is 1.69 bits per heavy atom. The van der Waals surface area contributed by atoms with Gasteiger partial charge in [0, 0.05) is 6.92 Å². The SMILES string of the molecule is C=C(CN(CC(=C)SCC)C(C)=O)SCC. The van der Waals surface area contributed by atoms with E-state index in [9.17, 15) is 4.79 Å². The van der Waals surface area contributed by atoms with Gasteiger partial charge in [-0.05, 0) is 21.3 Å². The Morgan fingerprint density at radius 1 is 1.06 bits per heavy atom. The lowest BCUT2D eigenvalue weighted by molar-refractivity contribution is -0.127. The lowest BCUT2D eigenvalue weighted by Gasteiger charge is -2.22. The van der Waals surface area contributed by atoms with Crippen LogP contribution in [0, 0.1) is 0 Å². The third-order valence-electron chi connectivity index (χ3n) is 1.88. The predicted octanol–water partition coefficient (Wildman–Crippen LogP) is 3.37. The van der Waals surface area contributed by atoms with Crippen LogP contribution < -0.4 is 0 Å². The van der Waals surface area contributed by atoms with Gasteiger partial charge < -0.3 is 4.90 Å². The van der Waals surface area contributed by atoms with Gasteiger partial charge in [-0.15, -0.1) is 23.5 Å². The summed E-state index contributed by atoms with van der Waals surface area (Å²) in [6, 6.07) is 0.